The highest BCUT2D eigenvalue weighted by atomic mass is 16.2. The van der Waals surface area contributed by atoms with Crippen LogP contribution in [0.1, 0.15) is 19.8 Å². The first-order chi connectivity index (χ1) is 8.13. The molecule has 2 aliphatic rings. The number of nitrogens with one attached hydrogen (secondary N) is 1. The van der Waals surface area contributed by atoms with Crippen LogP contribution < -0.4 is 5.32 Å². The average Bonchev–Trinajstić information content (AvgIpc) is 3.12. The molecule has 0 aromatic heterocycles. The van der Waals surface area contributed by atoms with Crippen molar-refractivity contribution in [3.63, 3.8) is 0 Å². The zero-order valence-electron chi connectivity index (χ0n) is 10.6. The molecule has 1 N–H and O–H groups in total. The summed E-state index contributed by atoms with van der Waals surface area (Å²) in [5.41, 5.74) is 0. The van der Waals surface area contributed by atoms with E-state index in [0.29, 0.717) is 25.7 Å². The van der Waals surface area contributed by atoms with Gasteiger partial charge in [0.15, 0.2) is 0 Å². The fourth-order valence-corrected chi connectivity index (χ4v) is 2.35. The summed E-state index contributed by atoms with van der Waals surface area (Å²) in [5, 5.41) is 2.99. The fourth-order valence-electron chi connectivity index (χ4n) is 2.35. The van der Waals surface area contributed by atoms with Gasteiger partial charge < -0.3 is 15.1 Å². The van der Waals surface area contributed by atoms with E-state index in [1.807, 2.05) is 18.9 Å². The highest BCUT2D eigenvalue weighted by molar-refractivity contribution is 5.87. The Bertz CT molecular complexity index is 315. The van der Waals surface area contributed by atoms with E-state index in [9.17, 15) is 9.59 Å². The lowest BCUT2D eigenvalue weighted by Crippen LogP contribution is -2.54. The Morgan fingerprint density at radius 1 is 1.47 bits per heavy atom. The summed E-state index contributed by atoms with van der Waals surface area (Å²) >= 11 is 0. The first-order valence-electron chi connectivity index (χ1n) is 6.36. The van der Waals surface area contributed by atoms with Crippen LogP contribution in [0, 0.1) is 5.92 Å². The van der Waals surface area contributed by atoms with Gasteiger partial charge in [-0.05, 0) is 19.9 Å². The highest BCUT2D eigenvalue weighted by Crippen LogP contribution is 2.28. The number of carbonyl (C=O) groups excluding carboxylic acids is 2. The van der Waals surface area contributed by atoms with Crippen LogP contribution in [0.2, 0.25) is 0 Å². The van der Waals surface area contributed by atoms with Crippen molar-refractivity contribution in [2.45, 2.75) is 25.8 Å². The SMILES string of the molecule is CNCC(C)C(=O)N1CCN(C2CC2)C(=O)C1. The second-order valence-corrected chi connectivity index (χ2v) is 5.04. The number of piperazine rings is 1. The van der Waals surface area contributed by atoms with Crippen LogP contribution in [0.4, 0.5) is 0 Å². The third-order valence-electron chi connectivity index (χ3n) is 3.49. The average molecular weight is 239 g/mol. The molecule has 96 valence electrons. The molecule has 2 fully saturated rings. The summed E-state index contributed by atoms with van der Waals surface area (Å²) in [7, 11) is 1.83. The standard InChI is InChI=1S/C12H21N3O2/c1-9(7-13-2)12(17)14-5-6-15(10-3-4-10)11(16)8-14/h9-10,13H,3-8H2,1-2H3. The molecule has 1 unspecified atom stereocenters. The molecule has 0 aromatic carbocycles. The topological polar surface area (TPSA) is 52.7 Å². The van der Waals surface area contributed by atoms with Crippen LogP contribution in [0.15, 0.2) is 0 Å². The van der Waals surface area contributed by atoms with Crippen LogP contribution in [0.25, 0.3) is 0 Å². The molecule has 1 saturated heterocycles. The number of carbonyl (C=O) groups is 2. The largest absolute Gasteiger partial charge is 0.336 e. The minimum absolute atomic E-state index is 0.0553. The van der Waals surface area contributed by atoms with Crippen molar-refractivity contribution < 1.29 is 9.59 Å². The van der Waals surface area contributed by atoms with Crippen molar-refractivity contribution in [1.82, 2.24) is 15.1 Å². The Morgan fingerprint density at radius 2 is 2.18 bits per heavy atom. The summed E-state index contributed by atoms with van der Waals surface area (Å²) in [6.07, 6.45) is 2.27. The molecule has 0 radical (unpaired) electrons. The molecule has 2 rings (SSSR count). The molecular formula is C12H21N3O2. The quantitative estimate of drug-likeness (QED) is 0.731. The van der Waals surface area contributed by atoms with E-state index in [2.05, 4.69) is 5.32 Å². The maximum Gasteiger partial charge on any atom is 0.242 e. The van der Waals surface area contributed by atoms with E-state index in [0.717, 1.165) is 12.8 Å². The van der Waals surface area contributed by atoms with E-state index < -0.39 is 0 Å². The Hall–Kier alpha value is -1.10. The molecule has 2 amide bonds. The van der Waals surface area contributed by atoms with E-state index in [4.69, 9.17) is 0 Å². The molecule has 0 spiro atoms. The number of amides is 2. The summed E-state index contributed by atoms with van der Waals surface area (Å²) in [6.45, 7) is 4.23. The minimum atomic E-state index is -0.0553. The molecular weight excluding hydrogens is 218 g/mol. The highest BCUT2D eigenvalue weighted by Gasteiger charge is 2.37. The van der Waals surface area contributed by atoms with E-state index in [1.165, 1.54) is 0 Å². The maximum atomic E-state index is 12.0. The van der Waals surface area contributed by atoms with Gasteiger partial charge >= 0.3 is 0 Å². The maximum absolute atomic E-state index is 12.0. The van der Waals surface area contributed by atoms with Crippen molar-refractivity contribution >= 4 is 11.8 Å². The lowest BCUT2D eigenvalue weighted by Gasteiger charge is -2.35. The molecule has 17 heavy (non-hydrogen) atoms. The molecule has 1 atom stereocenters. The second-order valence-electron chi connectivity index (χ2n) is 5.04. The predicted octanol–water partition coefficient (Wildman–Crippen LogP) is -0.325. The second kappa shape index (κ2) is 5.04. The Kier molecular flexibility index (Phi) is 3.66. The van der Waals surface area contributed by atoms with Gasteiger partial charge in [0.1, 0.15) is 0 Å². The summed E-state index contributed by atoms with van der Waals surface area (Å²) < 4.78 is 0. The zero-order valence-corrected chi connectivity index (χ0v) is 10.6. The van der Waals surface area contributed by atoms with Gasteiger partial charge in [-0.1, -0.05) is 6.92 Å². The van der Waals surface area contributed by atoms with Gasteiger partial charge in [0.25, 0.3) is 0 Å². The number of rotatable bonds is 4. The molecule has 5 heteroatoms. The third kappa shape index (κ3) is 2.77. The first kappa shape index (κ1) is 12.4. The Labute approximate surface area is 102 Å². The molecule has 5 nitrogen and oxygen atoms in total. The summed E-state index contributed by atoms with van der Waals surface area (Å²) in [5.74, 6) is 0.146. The van der Waals surface area contributed by atoms with Crippen LogP contribution in [-0.4, -0.2) is 60.9 Å². The van der Waals surface area contributed by atoms with Gasteiger partial charge in [-0.3, -0.25) is 9.59 Å². The van der Waals surface area contributed by atoms with Crippen molar-refractivity contribution in [3.05, 3.63) is 0 Å². The van der Waals surface area contributed by atoms with E-state index in [-0.39, 0.29) is 24.3 Å². The number of hydrogen-bond donors (Lipinski definition) is 1. The van der Waals surface area contributed by atoms with Crippen LogP contribution >= 0.6 is 0 Å². The van der Waals surface area contributed by atoms with Gasteiger partial charge in [0.05, 0.1) is 6.54 Å². The molecule has 1 heterocycles. The summed E-state index contributed by atoms with van der Waals surface area (Å²) in [4.78, 5) is 27.6. The van der Waals surface area contributed by atoms with Crippen molar-refractivity contribution in [2.24, 2.45) is 5.92 Å². The third-order valence-corrected chi connectivity index (χ3v) is 3.49. The van der Waals surface area contributed by atoms with E-state index >= 15 is 0 Å². The first-order valence-corrected chi connectivity index (χ1v) is 6.36. The molecule has 0 bridgehead atoms. The van der Waals surface area contributed by atoms with Gasteiger partial charge in [-0.25, -0.2) is 0 Å². The minimum Gasteiger partial charge on any atom is -0.336 e. The lowest BCUT2D eigenvalue weighted by atomic mass is 10.1. The van der Waals surface area contributed by atoms with Gasteiger partial charge in [0.2, 0.25) is 11.8 Å². The van der Waals surface area contributed by atoms with Crippen LogP contribution in [-0.2, 0) is 9.59 Å². The van der Waals surface area contributed by atoms with Gasteiger partial charge in [-0.2, -0.15) is 0 Å². The number of hydrogen-bond acceptors (Lipinski definition) is 3. The lowest BCUT2D eigenvalue weighted by molar-refractivity contribution is -0.147. The van der Waals surface area contributed by atoms with Crippen LogP contribution in [0.3, 0.4) is 0 Å². The van der Waals surface area contributed by atoms with Gasteiger partial charge in [0, 0.05) is 31.6 Å². The molecule has 1 aliphatic carbocycles. The molecule has 0 aromatic rings. The fraction of sp³-hybridized carbons (Fsp3) is 0.833. The summed E-state index contributed by atoms with van der Waals surface area (Å²) in [6, 6.07) is 0.467. The molecule has 1 saturated carbocycles. The zero-order chi connectivity index (χ0) is 12.4. The normalized spacial score (nSPS) is 22.8. The van der Waals surface area contributed by atoms with Crippen molar-refractivity contribution in [3.8, 4) is 0 Å². The Morgan fingerprint density at radius 3 is 2.71 bits per heavy atom. The van der Waals surface area contributed by atoms with Crippen molar-refractivity contribution in [2.75, 3.05) is 33.2 Å². The molecule has 1 aliphatic heterocycles. The van der Waals surface area contributed by atoms with Gasteiger partial charge in [-0.15, -0.1) is 0 Å². The van der Waals surface area contributed by atoms with Crippen LogP contribution in [0.5, 0.6) is 0 Å². The number of nitrogens with zero attached hydrogens (tertiary/aromatic N) is 2. The predicted molar refractivity (Wildman–Crippen MR) is 64.4 cm³/mol. The van der Waals surface area contributed by atoms with E-state index in [1.54, 1.807) is 4.90 Å². The monoisotopic (exact) mass is 239 g/mol. The smallest absolute Gasteiger partial charge is 0.242 e. The Balaban J connectivity index is 1.87. The van der Waals surface area contributed by atoms with Crippen molar-refractivity contribution in [1.29, 1.82) is 0 Å².